The van der Waals surface area contributed by atoms with Gasteiger partial charge in [-0.3, -0.25) is 9.35 Å². The van der Waals surface area contributed by atoms with Crippen molar-refractivity contribution in [2.24, 2.45) is 5.73 Å². The van der Waals surface area contributed by atoms with E-state index in [1.165, 1.54) is 25.0 Å². The van der Waals surface area contributed by atoms with E-state index < -0.39 is 10.1 Å². The molecule has 1 aromatic carbocycles. The molecular formula is C19H33NO5S. The predicted octanol–water partition coefficient (Wildman–Crippen LogP) is 3.87. The Morgan fingerprint density at radius 3 is 2.19 bits per heavy atom. The van der Waals surface area contributed by atoms with E-state index in [1.807, 2.05) is 6.92 Å². The molecule has 1 rings (SSSR count). The molecule has 0 saturated heterocycles. The average Bonchev–Trinajstić information content (AvgIpc) is 2.59. The SMILES string of the molecule is CCCCCCOC(=O)CCCCCN.Cc1ccc(S(=O)(=O)O)cc1. The smallest absolute Gasteiger partial charge is 0.305 e. The third-order valence-electron chi connectivity index (χ3n) is 3.66. The van der Waals surface area contributed by atoms with E-state index in [1.54, 1.807) is 12.1 Å². The minimum atomic E-state index is -4.02. The van der Waals surface area contributed by atoms with Crippen LogP contribution < -0.4 is 5.73 Å². The summed E-state index contributed by atoms with van der Waals surface area (Å²) in [6, 6.07) is 5.99. The molecule has 0 fully saturated rings. The normalized spacial score (nSPS) is 10.8. The van der Waals surface area contributed by atoms with Crippen molar-refractivity contribution < 1.29 is 22.5 Å². The highest BCUT2D eigenvalue weighted by Crippen LogP contribution is 2.08. The topological polar surface area (TPSA) is 107 Å². The maximum absolute atomic E-state index is 11.2. The summed E-state index contributed by atoms with van der Waals surface area (Å²) in [7, 11) is -4.02. The van der Waals surface area contributed by atoms with Gasteiger partial charge < -0.3 is 10.5 Å². The first-order chi connectivity index (χ1) is 12.3. The zero-order chi connectivity index (χ0) is 19.8. The zero-order valence-electron chi connectivity index (χ0n) is 15.9. The molecule has 150 valence electrons. The highest BCUT2D eigenvalue weighted by molar-refractivity contribution is 7.85. The summed E-state index contributed by atoms with van der Waals surface area (Å²) < 4.78 is 34.7. The summed E-state index contributed by atoms with van der Waals surface area (Å²) in [5.41, 5.74) is 6.31. The Bertz CT molecular complexity index is 584. The van der Waals surface area contributed by atoms with E-state index in [4.69, 9.17) is 15.0 Å². The number of esters is 1. The second-order valence-electron chi connectivity index (χ2n) is 6.17. The molecule has 1 aromatic rings. The fourth-order valence-electron chi connectivity index (χ4n) is 2.09. The molecule has 0 spiro atoms. The highest BCUT2D eigenvalue weighted by atomic mass is 32.2. The molecule has 0 saturated carbocycles. The largest absolute Gasteiger partial charge is 0.466 e. The van der Waals surface area contributed by atoms with Crippen molar-refractivity contribution in [3.05, 3.63) is 29.8 Å². The fourth-order valence-corrected chi connectivity index (χ4v) is 2.57. The van der Waals surface area contributed by atoms with Gasteiger partial charge in [-0.25, -0.2) is 0 Å². The Hall–Kier alpha value is -1.44. The van der Waals surface area contributed by atoms with E-state index in [0.717, 1.165) is 37.7 Å². The number of hydrogen-bond donors (Lipinski definition) is 2. The van der Waals surface area contributed by atoms with Gasteiger partial charge in [0.1, 0.15) is 0 Å². The van der Waals surface area contributed by atoms with Crippen molar-refractivity contribution in [1.29, 1.82) is 0 Å². The van der Waals surface area contributed by atoms with E-state index in [2.05, 4.69) is 6.92 Å². The molecule has 0 aliphatic rings. The second-order valence-corrected chi connectivity index (χ2v) is 7.59. The molecule has 7 heteroatoms. The third-order valence-corrected chi connectivity index (χ3v) is 4.53. The summed E-state index contributed by atoms with van der Waals surface area (Å²) in [6.07, 6.45) is 8.10. The van der Waals surface area contributed by atoms with Gasteiger partial charge in [0.2, 0.25) is 0 Å². The first-order valence-electron chi connectivity index (χ1n) is 9.21. The van der Waals surface area contributed by atoms with Crippen LogP contribution in [0.2, 0.25) is 0 Å². The quantitative estimate of drug-likeness (QED) is 0.339. The van der Waals surface area contributed by atoms with Crippen molar-refractivity contribution >= 4 is 16.1 Å². The Balaban J connectivity index is 0.000000502. The van der Waals surface area contributed by atoms with E-state index in [9.17, 15) is 13.2 Å². The van der Waals surface area contributed by atoms with Crippen molar-refractivity contribution in [1.82, 2.24) is 0 Å². The van der Waals surface area contributed by atoms with Crippen molar-refractivity contribution in [2.75, 3.05) is 13.2 Å². The summed E-state index contributed by atoms with van der Waals surface area (Å²) in [5.74, 6) is -0.0523. The van der Waals surface area contributed by atoms with Crippen molar-refractivity contribution in [3.8, 4) is 0 Å². The zero-order valence-corrected chi connectivity index (χ0v) is 16.8. The van der Waals surface area contributed by atoms with Crippen LogP contribution in [0.15, 0.2) is 29.2 Å². The molecule has 0 aliphatic carbocycles. The van der Waals surface area contributed by atoms with Crippen LogP contribution in [0.5, 0.6) is 0 Å². The number of unbranched alkanes of at least 4 members (excludes halogenated alkanes) is 5. The molecule has 0 amide bonds. The lowest BCUT2D eigenvalue weighted by Gasteiger charge is -2.04. The summed E-state index contributed by atoms with van der Waals surface area (Å²) in [4.78, 5) is 11.1. The van der Waals surface area contributed by atoms with Gasteiger partial charge in [0.25, 0.3) is 10.1 Å². The molecule has 0 bridgehead atoms. The molecule has 0 aliphatic heterocycles. The molecule has 0 heterocycles. The molecule has 0 atom stereocenters. The Morgan fingerprint density at radius 2 is 1.65 bits per heavy atom. The lowest BCUT2D eigenvalue weighted by Crippen LogP contribution is -2.06. The summed E-state index contributed by atoms with van der Waals surface area (Å²) in [5, 5.41) is 0. The standard InChI is InChI=1S/C12H25NO2.C7H8O3S/c1-2-3-4-8-11-15-12(14)9-6-5-7-10-13;1-6-2-4-7(5-3-6)11(8,9)10/h2-11,13H2,1H3;2-5H,1H3,(H,8,9,10). The highest BCUT2D eigenvalue weighted by Gasteiger charge is 2.06. The van der Waals surface area contributed by atoms with Gasteiger partial charge in [-0.1, -0.05) is 50.3 Å². The molecule has 6 nitrogen and oxygen atoms in total. The first-order valence-corrected chi connectivity index (χ1v) is 10.6. The van der Waals surface area contributed by atoms with E-state index in [0.29, 0.717) is 19.6 Å². The van der Waals surface area contributed by atoms with Gasteiger partial charge in [0.15, 0.2) is 0 Å². The lowest BCUT2D eigenvalue weighted by atomic mass is 10.2. The maximum atomic E-state index is 11.2. The minimum absolute atomic E-state index is 0.0523. The summed E-state index contributed by atoms with van der Waals surface area (Å²) in [6.45, 7) is 5.32. The minimum Gasteiger partial charge on any atom is -0.466 e. The van der Waals surface area contributed by atoms with Crippen molar-refractivity contribution in [2.45, 2.75) is 70.1 Å². The molecule has 0 aromatic heterocycles. The Kier molecular flexibility index (Phi) is 13.9. The third kappa shape index (κ3) is 13.8. The van der Waals surface area contributed by atoms with Gasteiger partial charge in [-0.15, -0.1) is 0 Å². The number of rotatable bonds is 11. The Labute approximate surface area is 157 Å². The van der Waals surface area contributed by atoms with Crippen LogP contribution in [0.3, 0.4) is 0 Å². The summed E-state index contributed by atoms with van der Waals surface area (Å²) >= 11 is 0. The average molecular weight is 388 g/mol. The number of ether oxygens (including phenoxy) is 1. The van der Waals surface area contributed by atoms with Crippen LogP contribution in [-0.4, -0.2) is 32.1 Å². The molecule has 26 heavy (non-hydrogen) atoms. The van der Waals surface area contributed by atoms with Crippen LogP contribution in [0, 0.1) is 6.92 Å². The number of aryl methyl sites for hydroxylation is 1. The monoisotopic (exact) mass is 387 g/mol. The van der Waals surface area contributed by atoms with Gasteiger partial charge >= 0.3 is 5.97 Å². The van der Waals surface area contributed by atoms with Gasteiger partial charge in [-0.2, -0.15) is 8.42 Å². The van der Waals surface area contributed by atoms with Crippen LogP contribution >= 0.6 is 0 Å². The lowest BCUT2D eigenvalue weighted by molar-refractivity contribution is -0.143. The van der Waals surface area contributed by atoms with Gasteiger partial charge in [0, 0.05) is 6.42 Å². The van der Waals surface area contributed by atoms with Gasteiger partial charge in [-0.05, 0) is 44.9 Å². The number of nitrogens with two attached hydrogens (primary N) is 1. The number of carbonyl (C=O) groups excluding carboxylic acids is 1. The van der Waals surface area contributed by atoms with Crippen LogP contribution in [0.4, 0.5) is 0 Å². The second kappa shape index (κ2) is 14.7. The number of carbonyl (C=O) groups is 1. The molecule has 0 unspecified atom stereocenters. The van der Waals surface area contributed by atoms with Gasteiger partial charge in [0.05, 0.1) is 11.5 Å². The predicted molar refractivity (Wildman–Crippen MR) is 104 cm³/mol. The van der Waals surface area contributed by atoms with Crippen molar-refractivity contribution in [3.63, 3.8) is 0 Å². The number of benzene rings is 1. The Morgan fingerprint density at radius 1 is 1.04 bits per heavy atom. The fraction of sp³-hybridized carbons (Fsp3) is 0.632. The first kappa shape index (κ1) is 24.6. The molecular weight excluding hydrogens is 354 g/mol. The van der Waals surface area contributed by atoms with Crippen LogP contribution in [-0.2, 0) is 19.6 Å². The number of hydrogen-bond acceptors (Lipinski definition) is 5. The van der Waals surface area contributed by atoms with E-state index >= 15 is 0 Å². The van der Waals surface area contributed by atoms with Crippen LogP contribution in [0.1, 0.15) is 63.9 Å². The van der Waals surface area contributed by atoms with Crippen LogP contribution in [0.25, 0.3) is 0 Å². The maximum Gasteiger partial charge on any atom is 0.305 e. The molecule has 3 N–H and O–H groups in total. The molecule has 0 radical (unpaired) electrons. The van der Waals surface area contributed by atoms with E-state index in [-0.39, 0.29) is 10.9 Å².